The molecule has 0 bridgehead atoms. The fourth-order valence-corrected chi connectivity index (χ4v) is 5.13. The molecule has 1 unspecified atom stereocenters. The van der Waals surface area contributed by atoms with Gasteiger partial charge in [0, 0.05) is 17.1 Å². The van der Waals surface area contributed by atoms with Gasteiger partial charge in [0.2, 0.25) is 10.0 Å². The minimum Gasteiger partial charge on any atom is -0.295 e. The van der Waals surface area contributed by atoms with Crippen molar-refractivity contribution in [3.63, 3.8) is 0 Å². The van der Waals surface area contributed by atoms with Gasteiger partial charge in [-0.05, 0) is 68.8 Å². The molecule has 28 heavy (non-hydrogen) atoms. The number of sulfonamides is 1. The second kappa shape index (κ2) is 8.58. The summed E-state index contributed by atoms with van der Waals surface area (Å²) in [5, 5.41) is 9.25. The predicted molar refractivity (Wildman–Crippen MR) is 106 cm³/mol. The molecular weight excluding hydrogens is 401 g/mol. The molecule has 0 aliphatic carbocycles. The average molecular weight is 422 g/mol. The van der Waals surface area contributed by atoms with Crippen molar-refractivity contribution in [2.75, 3.05) is 19.6 Å². The Balaban J connectivity index is 1.89. The minimum absolute atomic E-state index is 0.00241. The average Bonchev–Trinajstić information content (AvgIpc) is 3.18. The van der Waals surface area contributed by atoms with Crippen LogP contribution in [0.4, 0.5) is 4.39 Å². The van der Waals surface area contributed by atoms with Crippen LogP contribution in [0.5, 0.6) is 0 Å². The predicted octanol–water partition coefficient (Wildman–Crippen LogP) is 3.77. The summed E-state index contributed by atoms with van der Waals surface area (Å²) in [6, 6.07) is 10.4. The van der Waals surface area contributed by atoms with Crippen molar-refractivity contribution in [2.45, 2.75) is 30.7 Å². The Morgan fingerprint density at radius 1 is 1.29 bits per heavy atom. The van der Waals surface area contributed by atoms with E-state index in [4.69, 9.17) is 16.9 Å². The van der Waals surface area contributed by atoms with Crippen molar-refractivity contribution in [1.82, 2.24) is 9.62 Å². The van der Waals surface area contributed by atoms with Crippen LogP contribution in [0.1, 0.15) is 35.6 Å². The van der Waals surface area contributed by atoms with Crippen LogP contribution >= 0.6 is 11.6 Å². The van der Waals surface area contributed by atoms with Gasteiger partial charge >= 0.3 is 0 Å². The molecule has 0 spiro atoms. The quantitative estimate of drug-likeness (QED) is 0.770. The van der Waals surface area contributed by atoms with Gasteiger partial charge in [0.05, 0.1) is 22.6 Å². The van der Waals surface area contributed by atoms with Crippen LogP contribution in [0, 0.1) is 24.1 Å². The second-order valence-electron chi connectivity index (χ2n) is 6.84. The van der Waals surface area contributed by atoms with Gasteiger partial charge in [0.15, 0.2) is 0 Å². The summed E-state index contributed by atoms with van der Waals surface area (Å²) < 4.78 is 42.8. The van der Waals surface area contributed by atoms with Crippen molar-refractivity contribution in [2.24, 2.45) is 0 Å². The van der Waals surface area contributed by atoms with Crippen LogP contribution in [0.2, 0.25) is 5.02 Å². The molecular formula is C20H21ClFN3O2S. The lowest BCUT2D eigenvalue weighted by Gasteiger charge is -2.29. The third-order valence-electron chi connectivity index (χ3n) is 4.97. The summed E-state index contributed by atoms with van der Waals surface area (Å²) in [5.74, 6) is -0.446. The molecule has 0 saturated carbocycles. The van der Waals surface area contributed by atoms with Gasteiger partial charge in [0.25, 0.3) is 0 Å². The van der Waals surface area contributed by atoms with Gasteiger partial charge < -0.3 is 0 Å². The fourth-order valence-electron chi connectivity index (χ4n) is 3.58. The maximum Gasteiger partial charge on any atom is 0.240 e. The lowest BCUT2D eigenvalue weighted by molar-refractivity contribution is 0.241. The van der Waals surface area contributed by atoms with Crippen LogP contribution in [-0.2, 0) is 10.0 Å². The Morgan fingerprint density at radius 2 is 2.00 bits per heavy atom. The first kappa shape index (κ1) is 20.7. The molecule has 1 fully saturated rings. The SMILES string of the molecule is Cc1cc(C#N)ccc1S(=O)(=O)NCC(c1c(F)cccc1Cl)N1CCCC1. The first-order valence-electron chi connectivity index (χ1n) is 9.02. The fraction of sp³-hybridized carbons (Fsp3) is 0.350. The monoisotopic (exact) mass is 421 g/mol. The number of hydrogen-bond acceptors (Lipinski definition) is 4. The Morgan fingerprint density at radius 3 is 2.61 bits per heavy atom. The standard InChI is InChI=1S/C20H21ClFN3O2S/c1-14-11-15(12-23)7-8-19(14)28(26,27)24-13-18(25-9-2-3-10-25)20-16(21)5-4-6-17(20)22/h4-8,11,18,24H,2-3,9-10,13H2,1H3. The lowest BCUT2D eigenvalue weighted by Crippen LogP contribution is -2.37. The zero-order valence-electron chi connectivity index (χ0n) is 15.5. The van der Waals surface area contributed by atoms with Crippen molar-refractivity contribution >= 4 is 21.6 Å². The number of nitriles is 1. The smallest absolute Gasteiger partial charge is 0.240 e. The number of likely N-dealkylation sites (tertiary alicyclic amines) is 1. The number of nitrogens with zero attached hydrogens (tertiary/aromatic N) is 2. The Bertz CT molecular complexity index is 994. The van der Waals surface area contributed by atoms with E-state index in [1.807, 2.05) is 6.07 Å². The molecule has 1 aliphatic heterocycles. The zero-order valence-corrected chi connectivity index (χ0v) is 17.0. The molecule has 0 amide bonds. The maximum atomic E-state index is 14.5. The lowest BCUT2D eigenvalue weighted by atomic mass is 10.0. The van der Waals surface area contributed by atoms with Gasteiger partial charge in [-0.3, -0.25) is 4.90 Å². The van der Waals surface area contributed by atoms with E-state index in [0.717, 1.165) is 25.9 Å². The summed E-state index contributed by atoms with van der Waals surface area (Å²) >= 11 is 6.25. The van der Waals surface area contributed by atoms with E-state index in [1.54, 1.807) is 13.0 Å². The van der Waals surface area contributed by atoms with Crippen LogP contribution in [0.3, 0.4) is 0 Å². The van der Waals surface area contributed by atoms with Crippen LogP contribution in [0.15, 0.2) is 41.3 Å². The summed E-state index contributed by atoms with van der Waals surface area (Å²) in [6.07, 6.45) is 1.95. The molecule has 1 aliphatic rings. The molecule has 1 heterocycles. The van der Waals surface area contributed by atoms with Gasteiger partial charge in [-0.15, -0.1) is 0 Å². The Kier molecular flexibility index (Phi) is 6.36. The number of nitrogens with one attached hydrogen (secondary N) is 1. The summed E-state index contributed by atoms with van der Waals surface area (Å²) in [6.45, 7) is 3.16. The number of hydrogen-bond donors (Lipinski definition) is 1. The molecule has 5 nitrogen and oxygen atoms in total. The van der Waals surface area contributed by atoms with E-state index in [9.17, 15) is 12.8 Å². The maximum absolute atomic E-state index is 14.5. The molecule has 1 saturated heterocycles. The highest BCUT2D eigenvalue weighted by atomic mass is 35.5. The molecule has 1 atom stereocenters. The Labute approximate surface area is 169 Å². The molecule has 148 valence electrons. The van der Waals surface area contributed by atoms with Gasteiger partial charge in [-0.25, -0.2) is 17.5 Å². The summed E-state index contributed by atoms with van der Waals surface area (Å²) in [7, 11) is -3.83. The number of benzene rings is 2. The topological polar surface area (TPSA) is 73.2 Å². The van der Waals surface area contributed by atoms with Crippen molar-refractivity contribution in [1.29, 1.82) is 5.26 Å². The molecule has 1 N–H and O–H groups in total. The van der Waals surface area contributed by atoms with Crippen molar-refractivity contribution < 1.29 is 12.8 Å². The summed E-state index contributed by atoms with van der Waals surface area (Å²) in [5.41, 5.74) is 1.18. The van der Waals surface area contributed by atoms with E-state index in [1.165, 1.54) is 30.3 Å². The van der Waals surface area contributed by atoms with Gasteiger partial charge in [0.1, 0.15) is 5.82 Å². The largest absolute Gasteiger partial charge is 0.295 e. The summed E-state index contributed by atoms with van der Waals surface area (Å²) in [4.78, 5) is 2.16. The minimum atomic E-state index is -3.83. The second-order valence-corrected chi connectivity index (χ2v) is 8.98. The van der Waals surface area contributed by atoms with Gasteiger partial charge in [-0.1, -0.05) is 17.7 Å². The van der Waals surface area contributed by atoms with Crippen LogP contribution < -0.4 is 4.72 Å². The Hall–Kier alpha value is -1.98. The molecule has 3 rings (SSSR count). The van der Waals surface area contributed by atoms with E-state index in [2.05, 4.69) is 9.62 Å². The highest BCUT2D eigenvalue weighted by molar-refractivity contribution is 7.89. The number of aryl methyl sites for hydroxylation is 1. The van der Waals surface area contributed by atoms with E-state index < -0.39 is 21.9 Å². The number of halogens is 2. The first-order valence-corrected chi connectivity index (χ1v) is 10.9. The van der Waals surface area contributed by atoms with Crippen molar-refractivity contribution in [3.05, 3.63) is 63.9 Å². The van der Waals surface area contributed by atoms with Crippen LogP contribution in [-0.4, -0.2) is 33.0 Å². The molecule has 2 aromatic carbocycles. The zero-order chi connectivity index (χ0) is 20.3. The van der Waals surface area contributed by atoms with Gasteiger partial charge in [-0.2, -0.15) is 5.26 Å². The highest BCUT2D eigenvalue weighted by Crippen LogP contribution is 2.32. The molecule has 8 heteroatoms. The first-order chi connectivity index (χ1) is 13.3. The van der Waals surface area contributed by atoms with E-state index in [0.29, 0.717) is 16.7 Å². The molecule has 0 radical (unpaired) electrons. The third kappa shape index (κ3) is 4.36. The number of rotatable bonds is 6. The van der Waals surface area contributed by atoms with E-state index >= 15 is 0 Å². The molecule has 0 aromatic heterocycles. The third-order valence-corrected chi connectivity index (χ3v) is 6.89. The van der Waals surface area contributed by atoms with Crippen LogP contribution in [0.25, 0.3) is 0 Å². The van der Waals surface area contributed by atoms with E-state index in [-0.39, 0.29) is 16.5 Å². The van der Waals surface area contributed by atoms with Crippen molar-refractivity contribution in [3.8, 4) is 6.07 Å². The molecule has 2 aromatic rings. The normalized spacial score (nSPS) is 16.1. The highest BCUT2D eigenvalue weighted by Gasteiger charge is 2.29.